The summed E-state index contributed by atoms with van der Waals surface area (Å²) in [6.07, 6.45) is 8.72. The third kappa shape index (κ3) is 3.60. The number of aryl methyl sites for hydroxylation is 2. The molecule has 1 atom stereocenters. The highest BCUT2D eigenvalue weighted by Gasteiger charge is 2.15. The molecule has 0 aromatic heterocycles. The van der Waals surface area contributed by atoms with Crippen molar-refractivity contribution in [2.45, 2.75) is 39.2 Å². The topological polar surface area (TPSA) is 3.24 Å². The largest absolute Gasteiger partial charge is 0.300 e. The normalized spacial score (nSPS) is 20.9. The van der Waals surface area contributed by atoms with E-state index in [1.165, 1.54) is 42.5 Å². The van der Waals surface area contributed by atoms with E-state index in [0.717, 1.165) is 0 Å². The van der Waals surface area contributed by atoms with Crippen molar-refractivity contribution in [3.05, 3.63) is 41.0 Å². The number of benzene rings is 1. The minimum absolute atomic E-state index is 0. The van der Waals surface area contributed by atoms with Crippen molar-refractivity contribution in [1.82, 2.24) is 4.90 Å². The second-order valence-corrected chi connectivity index (χ2v) is 5.21. The molecule has 2 rings (SSSR count). The Hall–Kier alpha value is -0.790. The van der Waals surface area contributed by atoms with Gasteiger partial charge in [0, 0.05) is 6.04 Å². The Balaban J connectivity index is 0.00000162. The molecule has 18 heavy (non-hydrogen) atoms. The number of likely N-dealkylation sites (N-methyl/N-ethyl adjacent to an activating group) is 1. The van der Waals surface area contributed by atoms with Crippen molar-refractivity contribution < 1.29 is 0 Å². The first-order valence-electron chi connectivity index (χ1n) is 6.63. The summed E-state index contributed by atoms with van der Waals surface area (Å²) in [5.74, 6) is 0. The summed E-state index contributed by atoms with van der Waals surface area (Å²) >= 11 is 0. The molecule has 1 aliphatic heterocycles. The molecule has 1 heterocycles. The highest BCUT2D eigenvalue weighted by atomic mass is 35.5. The van der Waals surface area contributed by atoms with Crippen molar-refractivity contribution in [3.8, 4) is 0 Å². The molecule has 1 unspecified atom stereocenters. The van der Waals surface area contributed by atoms with Gasteiger partial charge in [-0.1, -0.05) is 36.8 Å². The van der Waals surface area contributed by atoms with Gasteiger partial charge in [0.15, 0.2) is 0 Å². The number of piperidine rings is 1. The molecule has 0 radical (unpaired) electrons. The van der Waals surface area contributed by atoms with E-state index in [0.29, 0.717) is 6.04 Å². The monoisotopic (exact) mass is 265 g/mol. The van der Waals surface area contributed by atoms with Crippen LogP contribution in [-0.4, -0.2) is 24.5 Å². The molecule has 1 nitrogen and oxygen atoms in total. The Morgan fingerprint density at radius 2 is 1.83 bits per heavy atom. The van der Waals surface area contributed by atoms with Gasteiger partial charge >= 0.3 is 0 Å². The fraction of sp³-hybridized carbons (Fsp3) is 0.500. The van der Waals surface area contributed by atoms with E-state index in [2.05, 4.69) is 56.1 Å². The molecule has 0 bridgehead atoms. The summed E-state index contributed by atoms with van der Waals surface area (Å²) in [5.41, 5.74) is 4.14. The zero-order valence-electron chi connectivity index (χ0n) is 11.6. The SMILES string of the molecule is Cc1cccc(C)c1C=CC1CCCCN1C.Cl. The molecule has 100 valence electrons. The van der Waals surface area contributed by atoms with Crippen LogP contribution in [0.3, 0.4) is 0 Å². The average molecular weight is 266 g/mol. The van der Waals surface area contributed by atoms with Gasteiger partial charge in [-0.15, -0.1) is 12.4 Å². The highest BCUT2D eigenvalue weighted by Crippen LogP contribution is 2.19. The summed E-state index contributed by atoms with van der Waals surface area (Å²) in [7, 11) is 2.23. The van der Waals surface area contributed by atoms with Crippen LogP contribution in [0.25, 0.3) is 6.08 Å². The molecule has 1 aliphatic rings. The molecule has 0 N–H and O–H groups in total. The molecule has 1 aromatic rings. The van der Waals surface area contributed by atoms with Crippen LogP contribution >= 0.6 is 12.4 Å². The molecule has 1 fully saturated rings. The maximum atomic E-state index is 2.47. The lowest BCUT2D eigenvalue weighted by atomic mass is 9.98. The van der Waals surface area contributed by atoms with Crippen LogP contribution in [0.5, 0.6) is 0 Å². The molecular formula is C16H24ClN. The Morgan fingerprint density at radius 1 is 1.17 bits per heavy atom. The Kier molecular flexibility index (Phi) is 5.90. The minimum atomic E-state index is 0. The van der Waals surface area contributed by atoms with Crippen LogP contribution in [0.2, 0.25) is 0 Å². The zero-order chi connectivity index (χ0) is 12.3. The maximum Gasteiger partial charge on any atom is 0.0278 e. The number of halogens is 1. The molecule has 1 saturated heterocycles. The van der Waals surface area contributed by atoms with E-state index in [-0.39, 0.29) is 12.4 Å². The average Bonchev–Trinajstić information content (AvgIpc) is 2.30. The van der Waals surface area contributed by atoms with Crippen LogP contribution in [0.15, 0.2) is 24.3 Å². The standard InChI is InChI=1S/C16H23N.ClH/c1-13-7-6-8-14(2)16(13)11-10-15-9-4-5-12-17(15)3;/h6-8,10-11,15H,4-5,9,12H2,1-3H3;1H. The van der Waals surface area contributed by atoms with Gasteiger partial charge in [-0.3, -0.25) is 4.90 Å². The third-order valence-electron chi connectivity index (χ3n) is 3.85. The zero-order valence-corrected chi connectivity index (χ0v) is 12.5. The van der Waals surface area contributed by atoms with Crippen LogP contribution in [0, 0.1) is 13.8 Å². The molecule has 2 heteroatoms. The lowest BCUT2D eigenvalue weighted by Gasteiger charge is -2.30. The van der Waals surface area contributed by atoms with Crippen LogP contribution in [-0.2, 0) is 0 Å². The lowest BCUT2D eigenvalue weighted by Crippen LogP contribution is -2.34. The van der Waals surface area contributed by atoms with Gasteiger partial charge in [0.1, 0.15) is 0 Å². The van der Waals surface area contributed by atoms with Crippen LogP contribution in [0.1, 0.15) is 36.0 Å². The quantitative estimate of drug-likeness (QED) is 0.774. The van der Waals surface area contributed by atoms with Gasteiger partial charge in [0.25, 0.3) is 0 Å². The van der Waals surface area contributed by atoms with Gasteiger partial charge in [-0.2, -0.15) is 0 Å². The first-order valence-corrected chi connectivity index (χ1v) is 6.63. The second-order valence-electron chi connectivity index (χ2n) is 5.21. The summed E-state index contributed by atoms with van der Waals surface area (Å²) in [5, 5.41) is 0. The van der Waals surface area contributed by atoms with Gasteiger partial charge < -0.3 is 0 Å². The molecule has 0 spiro atoms. The van der Waals surface area contributed by atoms with E-state index >= 15 is 0 Å². The van der Waals surface area contributed by atoms with Gasteiger partial charge in [-0.25, -0.2) is 0 Å². The van der Waals surface area contributed by atoms with Crippen molar-refractivity contribution in [3.63, 3.8) is 0 Å². The number of hydrogen-bond acceptors (Lipinski definition) is 1. The van der Waals surface area contributed by atoms with Gasteiger partial charge in [0.2, 0.25) is 0 Å². The molecular weight excluding hydrogens is 242 g/mol. The predicted molar refractivity (Wildman–Crippen MR) is 82.5 cm³/mol. The first kappa shape index (κ1) is 15.3. The fourth-order valence-corrected chi connectivity index (χ4v) is 2.64. The van der Waals surface area contributed by atoms with E-state index < -0.39 is 0 Å². The van der Waals surface area contributed by atoms with Gasteiger partial charge in [0.05, 0.1) is 0 Å². The van der Waals surface area contributed by atoms with Crippen molar-refractivity contribution in [1.29, 1.82) is 0 Å². The molecule has 1 aromatic carbocycles. The highest BCUT2D eigenvalue weighted by molar-refractivity contribution is 5.85. The Bertz CT molecular complexity index is 391. The first-order chi connectivity index (χ1) is 8.18. The summed E-state index contributed by atoms with van der Waals surface area (Å²) < 4.78 is 0. The van der Waals surface area contributed by atoms with E-state index in [9.17, 15) is 0 Å². The Morgan fingerprint density at radius 3 is 2.44 bits per heavy atom. The summed E-state index contributed by atoms with van der Waals surface area (Å²) in [6, 6.07) is 7.14. The summed E-state index contributed by atoms with van der Waals surface area (Å²) in [4.78, 5) is 2.47. The number of likely N-dealkylation sites (tertiary alicyclic amines) is 1. The lowest BCUT2D eigenvalue weighted by molar-refractivity contribution is 0.222. The van der Waals surface area contributed by atoms with Crippen molar-refractivity contribution in [2.24, 2.45) is 0 Å². The number of hydrogen-bond donors (Lipinski definition) is 0. The third-order valence-corrected chi connectivity index (χ3v) is 3.85. The number of rotatable bonds is 2. The smallest absolute Gasteiger partial charge is 0.0278 e. The Labute approximate surface area is 117 Å². The van der Waals surface area contributed by atoms with E-state index in [1.807, 2.05) is 0 Å². The predicted octanol–water partition coefficient (Wildman–Crippen LogP) is 4.22. The fourth-order valence-electron chi connectivity index (χ4n) is 2.64. The molecule has 0 aliphatic carbocycles. The minimum Gasteiger partial charge on any atom is -0.300 e. The second kappa shape index (κ2) is 6.96. The van der Waals surface area contributed by atoms with Crippen molar-refractivity contribution >= 4 is 18.5 Å². The number of nitrogens with zero attached hydrogens (tertiary/aromatic N) is 1. The maximum absolute atomic E-state index is 2.47. The van der Waals surface area contributed by atoms with E-state index in [4.69, 9.17) is 0 Å². The van der Waals surface area contributed by atoms with Crippen LogP contribution < -0.4 is 0 Å². The molecule has 0 amide bonds. The summed E-state index contributed by atoms with van der Waals surface area (Å²) in [6.45, 7) is 5.62. The molecule has 0 saturated carbocycles. The van der Waals surface area contributed by atoms with E-state index in [1.54, 1.807) is 0 Å². The van der Waals surface area contributed by atoms with Gasteiger partial charge in [-0.05, 0) is 57.0 Å². The van der Waals surface area contributed by atoms with Crippen molar-refractivity contribution in [2.75, 3.05) is 13.6 Å². The van der Waals surface area contributed by atoms with Crippen LogP contribution in [0.4, 0.5) is 0 Å².